The molecule has 21 heavy (non-hydrogen) atoms. The Labute approximate surface area is 121 Å². The van der Waals surface area contributed by atoms with Crippen molar-refractivity contribution >= 4 is 16.8 Å². The van der Waals surface area contributed by atoms with Crippen LogP contribution in [0.1, 0.15) is 16.1 Å². The number of phenols is 1. The molecule has 1 aromatic heterocycles. The van der Waals surface area contributed by atoms with Crippen molar-refractivity contribution in [1.29, 1.82) is 0 Å². The van der Waals surface area contributed by atoms with Crippen LogP contribution in [0.2, 0.25) is 0 Å². The van der Waals surface area contributed by atoms with E-state index in [4.69, 9.17) is 0 Å². The summed E-state index contributed by atoms with van der Waals surface area (Å²) in [7, 11) is 0. The van der Waals surface area contributed by atoms with E-state index < -0.39 is 0 Å². The number of H-pyrrole nitrogens is 1. The molecule has 2 aromatic carbocycles. The third kappa shape index (κ3) is 2.86. The van der Waals surface area contributed by atoms with Crippen LogP contribution in [0.25, 0.3) is 10.9 Å². The molecule has 0 spiro atoms. The molecule has 0 aliphatic rings. The molecule has 0 radical (unpaired) electrons. The van der Waals surface area contributed by atoms with Crippen LogP contribution < -0.4 is 5.32 Å². The number of aromatic amines is 1. The lowest BCUT2D eigenvalue weighted by Crippen LogP contribution is -2.26. The molecule has 0 aliphatic heterocycles. The molecule has 5 nitrogen and oxygen atoms in total. The number of rotatable bonds is 4. The number of benzene rings is 2. The molecule has 3 N–H and O–H groups in total. The topological polar surface area (TPSA) is 78.0 Å². The molecule has 0 bridgehead atoms. The van der Waals surface area contributed by atoms with E-state index >= 15 is 0 Å². The number of carbonyl (C=O) groups excluding carboxylic acids is 1. The summed E-state index contributed by atoms with van der Waals surface area (Å²) in [6.45, 7) is 0.490. The Morgan fingerprint density at radius 2 is 2.05 bits per heavy atom. The number of amides is 1. The number of phenolic OH excluding ortho intramolecular Hbond substituents is 1. The number of carbonyl (C=O) groups is 1. The van der Waals surface area contributed by atoms with Gasteiger partial charge in [-0.15, -0.1) is 0 Å². The third-order valence-electron chi connectivity index (χ3n) is 3.30. The van der Waals surface area contributed by atoms with Crippen molar-refractivity contribution in [3.8, 4) is 5.75 Å². The maximum Gasteiger partial charge on any atom is 0.272 e. The molecular formula is C16H15N3O2. The van der Waals surface area contributed by atoms with Crippen molar-refractivity contribution in [2.24, 2.45) is 0 Å². The summed E-state index contributed by atoms with van der Waals surface area (Å²) in [5.41, 5.74) is 2.22. The van der Waals surface area contributed by atoms with E-state index in [1.54, 1.807) is 18.2 Å². The first kappa shape index (κ1) is 13.2. The number of para-hydroxylation sites is 1. The number of hydrogen-bond donors (Lipinski definition) is 3. The third-order valence-corrected chi connectivity index (χ3v) is 3.30. The van der Waals surface area contributed by atoms with Gasteiger partial charge in [0.25, 0.3) is 5.91 Å². The number of nitrogens with one attached hydrogen (secondary N) is 2. The maximum atomic E-state index is 12.1. The maximum absolute atomic E-state index is 12.1. The van der Waals surface area contributed by atoms with E-state index in [0.29, 0.717) is 18.7 Å². The first-order chi connectivity index (χ1) is 10.2. The van der Waals surface area contributed by atoms with Gasteiger partial charge in [-0.3, -0.25) is 9.89 Å². The Kier molecular flexibility index (Phi) is 3.55. The first-order valence-electron chi connectivity index (χ1n) is 6.73. The van der Waals surface area contributed by atoms with E-state index in [1.165, 1.54) is 0 Å². The summed E-state index contributed by atoms with van der Waals surface area (Å²) >= 11 is 0. The smallest absolute Gasteiger partial charge is 0.272 e. The average molecular weight is 281 g/mol. The highest BCUT2D eigenvalue weighted by molar-refractivity contribution is 6.04. The van der Waals surface area contributed by atoms with Crippen LogP contribution in [0.4, 0.5) is 0 Å². The van der Waals surface area contributed by atoms with Gasteiger partial charge in [0, 0.05) is 11.9 Å². The van der Waals surface area contributed by atoms with Crippen molar-refractivity contribution in [2.75, 3.05) is 6.54 Å². The lowest BCUT2D eigenvalue weighted by Gasteiger charge is -2.04. The number of nitrogens with zero attached hydrogens (tertiary/aromatic N) is 1. The number of fused-ring (bicyclic) bond motifs is 1. The Morgan fingerprint density at radius 3 is 2.90 bits per heavy atom. The van der Waals surface area contributed by atoms with Gasteiger partial charge in [0.05, 0.1) is 5.52 Å². The van der Waals surface area contributed by atoms with Crippen molar-refractivity contribution in [3.63, 3.8) is 0 Å². The second kappa shape index (κ2) is 5.66. The summed E-state index contributed by atoms with van der Waals surface area (Å²) in [6, 6.07) is 14.5. The zero-order chi connectivity index (χ0) is 14.7. The fraction of sp³-hybridized carbons (Fsp3) is 0.125. The van der Waals surface area contributed by atoms with Crippen molar-refractivity contribution in [2.45, 2.75) is 6.42 Å². The van der Waals surface area contributed by atoms with E-state index in [-0.39, 0.29) is 11.7 Å². The van der Waals surface area contributed by atoms with E-state index in [2.05, 4.69) is 15.5 Å². The average Bonchev–Trinajstić information content (AvgIpc) is 2.91. The van der Waals surface area contributed by atoms with Gasteiger partial charge >= 0.3 is 0 Å². The fourth-order valence-corrected chi connectivity index (χ4v) is 2.25. The lowest BCUT2D eigenvalue weighted by atomic mass is 10.1. The molecule has 1 heterocycles. The molecule has 106 valence electrons. The van der Waals surface area contributed by atoms with Gasteiger partial charge in [-0.05, 0) is 30.2 Å². The van der Waals surface area contributed by atoms with Crippen LogP contribution in [0.5, 0.6) is 5.75 Å². The largest absolute Gasteiger partial charge is 0.508 e. The van der Waals surface area contributed by atoms with Crippen molar-refractivity contribution in [3.05, 3.63) is 59.8 Å². The number of aromatic hydroxyl groups is 1. The molecule has 0 atom stereocenters. The Morgan fingerprint density at radius 1 is 1.19 bits per heavy atom. The predicted molar refractivity (Wildman–Crippen MR) is 80.2 cm³/mol. The van der Waals surface area contributed by atoms with Crippen LogP contribution in [0, 0.1) is 0 Å². The summed E-state index contributed by atoms with van der Waals surface area (Å²) < 4.78 is 0. The van der Waals surface area contributed by atoms with Crippen LogP contribution in [-0.4, -0.2) is 27.8 Å². The normalized spacial score (nSPS) is 10.7. The quantitative estimate of drug-likeness (QED) is 0.686. The van der Waals surface area contributed by atoms with Gasteiger partial charge in [-0.1, -0.05) is 30.3 Å². The molecule has 0 aliphatic carbocycles. The molecule has 3 aromatic rings. The highest BCUT2D eigenvalue weighted by atomic mass is 16.3. The minimum Gasteiger partial charge on any atom is -0.508 e. The monoisotopic (exact) mass is 281 g/mol. The van der Waals surface area contributed by atoms with Crippen LogP contribution in [0.3, 0.4) is 0 Å². The second-order valence-corrected chi connectivity index (χ2v) is 4.79. The first-order valence-corrected chi connectivity index (χ1v) is 6.73. The molecule has 1 amide bonds. The van der Waals surface area contributed by atoms with Gasteiger partial charge < -0.3 is 10.4 Å². The predicted octanol–water partition coefficient (Wildman–Crippen LogP) is 2.24. The standard InChI is InChI=1S/C16H15N3O2/c20-12-5-3-4-11(10-12)8-9-17-16(21)15-13-6-1-2-7-14(13)18-19-15/h1-7,10,20H,8-9H2,(H,17,21)(H,18,19). The van der Waals surface area contributed by atoms with Gasteiger partial charge in [-0.25, -0.2) is 0 Å². The van der Waals surface area contributed by atoms with E-state index in [1.807, 2.05) is 30.3 Å². The lowest BCUT2D eigenvalue weighted by molar-refractivity contribution is 0.0950. The molecule has 0 saturated carbocycles. The molecule has 0 fully saturated rings. The highest BCUT2D eigenvalue weighted by Gasteiger charge is 2.12. The minimum atomic E-state index is -0.201. The SMILES string of the molecule is O=C(NCCc1cccc(O)c1)c1n[nH]c2ccccc12. The van der Waals surface area contributed by atoms with E-state index in [9.17, 15) is 9.90 Å². The summed E-state index contributed by atoms with van der Waals surface area (Å²) in [5.74, 6) is 0.0322. The number of aromatic nitrogens is 2. The summed E-state index contributed by atoms with van der Waals surface area (Å²) in [4.78, 5) is 12.1. The van der Waals surface area contributed by atoms with Crippen LogP contribution in [-0.2, 0) is 6.42 Å². The van der Waals surface area contributed by atoms with Crippen molar-refractivity contribution in [1.82, 2.24) is 15.5 Å². The molecule has 0 unspecified atom stereocenters. The molecule has 3 rings (SSSR count). The second-order valence-electron chi connectivity index (χ2n) is 4.79. The molecule has 5 heteroatoms. The Balaban J connectivity index is 1.64. The fourth-order valence-electron chi connectivity index (χ4n) is 2.25. The zero-order valence-electron chi connectivity index (χ0n) is 11.3. The Hall–Kier alpha value is -2.82. The van der Waals surface area contributed by atoms with Gasteiger partial charge in [0.2, 0.25) is 0 Å². The van der Waals surface area contributed by atoms with Crippen LogP contribution in [0.15, 0.2) is 48.5 Å². The van der Waals surface area contributed by atoms with Gasteiger partial charge in [-0.2, -0.15) is 5.10 Å². The van der Waals surface area contributed by atoms with Gasteiger partial charge in [0.1, 0.15) is 5.75 Å². The molecular weight excluding hydrogens is 266 g/mol. The van der Waals surface area contributed by atoms with E-state index in [0.717, 1.165) is 16.5 Å². The van der Waals surface area contributed by atoms with Crippen LogP contribution >= 0.6 is 0 Å². The zero-order valence-corrected chi connectivity index (χ0v) is 11.3. The highest BCUT2D eigenvalue weighted by Crippen LogP contribution is 2.15. The number of hydrogen-bond acceptors (Lipinski definition) is 3. The molecule has 0 saturated heterocycles. The summed E-state index contributed by atoms with van der Waals surface area (Å²) in [6.07, 6.45) is 0.655. The van der Waals surface area contributed by atoms with Crippen molar-refractivity contribution < 1.29 is 9.90 Å². The summed E-state index contributed by atoms with van der Waals surface area (Å²) in [5, 5.41) is 19.9. The van der Waals surface area contributed by atoms with Gasteiger partial charge in [0.15, 0.2) is 5.69 Å². The minimum absolute atomic E-state index is 0.201. The Bertz CT molecular complexity index is 780.